The molecule has 176 valence electrons. The zero-order chi connectivity index (χ0) is 24.4. The van der Waals surface area contributed by atoms with Gasteiger partial charge in [0.05, 0.1) is 24.7 Å². The number of thioether (sulfide) groups is 1. The summed E-state index contributed by atoms with van der Waals surface area (Å²) in [5.41, 5.74) is 1.94. The predicted molar refractivity (Wildman–Crippen MR) is 127 cm³/mol. The normalized spacial score (nSPS) is 14.9. The lowest BCUT2D eigenvalue weighted by molar-refractivity contribution is -0.385. The first-order valence-electron chi connectivity index (χ1n) is 10.0. The van der Waals surface area contributed by atoms with Crippen molar-refractivity contribution >= 4 is 41.0 Å². The van der Waals surface area contributed by atoms with Crippen LogP contribution in [0.5, 0.6) is 5.75 Å². The maximum Gasteiger partial charge on any atom is 0.338 e. The number of esters is 1. The number of methoxy groups -OCH3 is 2. The summed E-state index contributed by atoms with van der Waals surface area (Å²) in [7, 11) is 2.63. The largest absolute Gasteiger partial charge is 0.490 e. The number of nitrogens with one attached hydrogen (secondary N) is 1. The molecule has 3 aromatic rings. The molecule has 1 unspecified atom stereocenters. The van der Waals surface area contributed by atoms with Crippen LogP contribution in [-0.2, 0) is 15.3 Å². The monoisotopic (exact) mass is 501 g/mol. The summed E-state index contributed by atoms with van der Waals surface area (Å²) in [6, 6.07) is 11.2. The number of fused-ring (bicyclic) bond motifs is 1. The molecule has 2 aromatic carbocycles. The van der Waals surface area contributed by atoms with Crippen LogP contribution in [0.4, 0.5) is 11.6 Å². The molecule has 0 bridgehead atoms. The zero-order valence-electron chi connectivity index (χ0n) is 18.4. The molecule has 2 heterocycles. The Labute approximate surface area is 204 Å². The number of ether oxygens (including phenoxy) is 2. The van der Waals surface area contributed by atoms with Crippen LogP contribution in [0, 0.1) is 10.1 Å². The van der Waals surface area contributed by atoms with E-state index in [1.54, 1.807) is 13.0 Å². The first-order chi connectivity index (χ1) is 16.3. The highest BCUT2D eigenvalue weighted by atomic mass is 35.5. The van der Waals surface area contributed by atoms with Gasteiger partial charge in [-0.15, -0.1) is 5.10 Å². The molecule has 1 aliphatic heterocycles. The van der Waals surface area contributed by atoms with E-state index in [0.717, 1.165) is 5.56 Å². The molecule has 0 fully saturated rings. The lowest BCUT2D eigenvalue weighted by atomic mass is 9.95. The Bertz CT molecular complexity index is 1310. The topological polar surface area (TPSA) is 121 Å². The number of allylic oxidation sites excluding steroid dienone is 1. The number of rotatable bonds is 7. The van der Waals surface area contributed by atoms with Crippen molar-refractivity contribution in [2.24, 2.45) is 0 Å². The number of carbonyl (C=O) groups is 1. The molecule has 0 spiro atoms. The molecule has 1 atom stereocenters. The first kappa shape index (κ1) is 23.6. The lowest BCUT2D eigenvalue weighted by Gasteiger charge is -2.27. The van der Waals surface area contributed by atoms with E-state index < -0.39 is 16.9 Å². The highest BCUT2D eigenvalue weighted by molar-refractivity contribution is 7.98. The van der Waals surface area contributed by atoms with Crippen molar-refractivity contribution < 1.29 is 19.2 Å². The SMILES string of the molecule is COC(=O)C1=C(C)Nc2nc(SCc3ccccc3Cl)nn2C1c1ccc(OC)c([N+](=O)[O-])c1. The van der Waals surface area contributed by atoms with Crippen molar-refractivity contribution in [3.8, 4) is 5.75 Å². The standard InChI is InChI=1S/C22H20ClN5O5S/c1-12-18(20(29)33-3)19(13-8-9-17(32-2)16(10-13)28(30)31)27-21(24-12)25-22(26-27)34-11-14-6-4-5-7-15(14)23/h4-10,19H,11H2,1-3H3,(H,24,25,26). The first-order valence-corrected chi connectivity index (χ1v) is 11.4. The molecule has 12 heteroatoms. The third kappa shape index (κ3) is 4.44. The zero-order valence-corrected chi connectivity index (χ0v) is 20.0. The van der Waals surface area contributed by atoms with Crippen LogP contribution >= 0.6 is 23.4 Å². The number of halogens is 1. The Hall–Kier alpha value is -3.57. The number of nitro groups is 1. The Balaban J connectivity index is 1.77. The second kappa shape index (κ2) is 9.74. The summed E-state index contributed by atoms with van der Waals surface area (Å²) in [4.78, 5) is 28.3. The number of benzene rings is 2. The smallest absolute Gasteiger partial charge is 0.338 e. The minimum Gasteiger partial charge on any atom is -0.490 e. The average Bonchev–Trinajstić information content (AvgIpc) is 3.24. The van der Waals surface area contributed by atoms with E-state index in [9.17, 15) is 14.9 Å². The Kier molecular flexibility index (Phi) is 6.75. The number of hydrogen-bond donors (Lipinski definition) is 1. The molecule has 34 heavy (non-hydrogen) atoms. The van der Waals surface area contributed by atoms with Crippen LogP contribution in [-0.4, -0.2) is 39.9 Å². The number of anilines is 1. The maximum atomic E-state index is 12.7. The van der Waals surface area contributed by atoms with E-state index in [-0.39, 0.29) is 17.0 Å². The van der Waals surface area contributed by atoms with Crippen LogP contribution < -0.4 is 10.1 Å². The summed E-state index contributed by atoms with van der Waals surface area (Å²) in [5.74, 6) is 0.464. The van der Waals surface area contributed by atoms with Gasteiger partial charge in [-0.1, -0.05) is 47.6 Å². The van der Waals surface area contributed by atoms with E-state index in [4.69, 9.17) is 21.1 Å². The van der Waals surface area contributed by atoms with Gasteiger partial charge in [0.25, 0.3) is 0 Å². The summed E-state index contributed by atoms with van der Waals surface area (Å²) in [6.45, 7) is 1.71. The van der Waals surface area contributed by atoms with E-state index in [1.165, 1.54) is 42.8 Å². The van der Waals surface area contributed by atoms with Gasteiger partial charge < -0.3 is 14.8 Å². The van der Waals surface area contributed by atoms with E-state index in [0.29, 0.717) is 33.1 Å². The van der Waals surface area contributed by atoms with Gasteiger partial charge >= 0.3 is 11.7 Å². The Morgan fingerprint density at radius 2 is 2.06 bits per heavy atom. The second-order valence-electron chi connectivity index (χ2n) is 7.29. The third-order valence-electron chi connectivity index (χ3n) is 5.27. The number of hydrogen-bond acceptors (Lipinski definition) is 9. The van der Waals surface area contributed by atoms with Crippen molar-refractivity contribution in [3.63, 3.8) is 0 Å². The minimum atomic E-state index is -0.796. The van der Waals surface area contributed by atoms with Gasteiger partial charge in [-0.05, 0) is 30.2 Å². The van der Waals surface area contributed by atoms with Crippen LogP contribution in [0.3, 0.4) is 0 Å². The number of aromatic nitrogens is 3. The molecule has 10 nitrogen and oxygen atoms in total. The Morgan fingerprint density at radius 1 is 1.29 bits per heavy atom. The van der Waals surface area contributed by atoms with Crippen LogP contribution in [0.1, 0.15) is 24.1 Å². The van der Waals surface area contributed by atoms with Crippen molar-refractivity contribution in [3.05, 3.63) is 80.0 Å². The molecule has 0 aliphatic carbocycles. The van der Waals surface area contributed by atoms with Crippen molar-refractivity contribution in [2.75, 3.05) is 19.5 Å². The minimum absolute atomic E-state index is 0.109. The summed E-state index contributed by atoms with van der Waals surface area (Å²) in [6.07, 6.45) is 0. The summed E-state index contributed by atoms with van der Waals surface area (Å²) < 4.78 is 11.6. The number of nitro benzene ring substituents is 1. The molecule has 1 aliphatic rings. The van der Waals surface area contributed by atoms with Gasteiger partial charge in [0, 0.05) is 22.5 Å². The van der Waals surface area contributed by atoms with Crippen molar-refractivity contribution in [1.29, 1.82) is 0 Å². The van der Waals surface area contributed by atoms with Crippen molar-refractivity contribution in [2.45, 2.75) is 23.9 Å². The maximum absolute atomic E-state index is 12.7. The van der Waals surface area contributed by atoms with E-state index in [1.807, 2.05) is 24.3 Å². The lowest BCUT2D eigenvalue weighted by Crippen LogP contribution is -2.29. The van der Waals surface area contributed by atoms with Crippen LogP contribution in [0.15, 0.2) is 58.9 Å². The number of carbonyl (C=O) groups excluding carboxylic acids is 1. The fourth-order valence-electron chi connectivity index (χ4n) is 3.65. The van der Waals surface area contributed by atoms with E-state index in [2.05, 4.69) is 15.4 Å². The van der Waals surface area contributed by atoms with Crippen molar-refractivity contribution in [1.82, 2.24) is 14.8 Å². The van der Waals surface area contributed by atoms with Gasteiger partial charge in [-0.25, -0.2) is 9.48 Å². The van der Waals surface area contributed by atoms with Gasteiger partial charge in [0.15, 0.2) is 5.75 Å². The molecule has 0 amide bonds. The fourth-order valence-corrected chi connectivity index (χ4v) is 4.77. The highest BCUT2D eigenvalue weighted by Gasteiger charge is 2.36. The predicted octanol–water partition coefficient (Wildman–Crippen LogP) is 4.60. The van der Waals surface area contributed by atoms with Gasteiger partial charge in [-0.2, -0.15) is 4.98 Å². The fraction of sp³-hybridized carbons (Fsp3) is 0.227. The highest BCUT2D eigenvalue weighted by Crippen LogP contribution is 2.40. The molecule has 0 radical (unpaired) electrons. The van der Waals surface area contributed by atoms with Gasteiger partial charge in [0.2, 0.25) is 11.1 Å². The third-order valence-corrected chi connectivity index (χ3v) is 6.52. The quantitative estimate of drug-likeness (QED) is 0.214. The summed E-state index contributed by atoms with van der Waals surface area (Å²) >= 11 is 7.63. The van der Waals surface area contributed by atoms with Gasteiger partial charge in [-0.3, -0.25) is 10.1 Å². The molecule has 1 aromatic heterocycles. The molecular formula is C22H20ClN5O5S. The molecule has 4 rings (SSSR count). The van der Waals surface area contributed by atoms with Crippen LogP contribution in [0.2, 0.25) is 5.02 Å². The molecular weight excluding hydrogens is 482 g/mol. The number of nitrogens with zero attached hydrogens (tertiary/aromatic N) is 4. The summed E-state index contributed by atoms with van der Waals surface area (Å²) in [5, 5.41) is 20.4. The van der Waals surface area contributed by atoms with Crippen LogP contribution in [0.25, 0.3) is 0 Å². The second-order valence-corrected chi connectivity index (χ2v) is 8.64. The average molecular weight is 502 g/mol. The molecule has 0 saturated carbocycles. The van der Waals surface area contributed by atoms with E-state index >= 15 is 0 Å². The molecule has 0 saturated heterocycles. The molecule has 1 N–H and O–H groups in total. The van der Waals surface area contributed by atoms with Gasteiger partial charge in [0.1, 0.15) is 6.04 Å². The Morgan fingerprint density at radius 3 is 2.74 bits per heavy atom.